The van der Waals surface area contributed by atoms with Crippen molar-refractivity contribution < 1.29 is 4.39 Å². The molecule has 17 heavy (non-hydrogen) atoms. The summed E-state index contributed by atoms with van der Waals surface area (Å²) in [5.74, 6) is 0.290. The van der Waals surface area contributed by atoms with Crippen LogP contribution in [-0.4, -0.2) is 10.2 Å². The lowest BCUT2D eigenvalue weighted by molar-refractivity contribution is 0.550. The molecule has 0 aliphatic rings. The lowest BCUT2D eigenvalue weighted by Crippen LogP contribution is -1.99. The Morgan fingerprint density at radius 1 is 1.24 bits per heavy atom. The molecule has 0 saturated heterocycles. The van der Waals surface area contributed by atoms with Crippen LogP contribution >= 0.6 is 0 Å². The number of fused-ring (bicyclic) bond motifs is 1. The molecular weight excluding hydrogens is 215 g/mol. The van der Waals surface area contributed by atoms with Gasteiger partial charge in [0.1, 0.15) is 5.82 Å². The maximum atomic E-state index is 13.1. The second-order valence-corrected chi connectivity index (χ2v) is 4.57. The Kier molecular flexibility index (Phi) is 3.77. The van der Waals surface area contributed by atoms with E-state index < -0.39 is 0 Å². The maximum Gasteiger partial charge on any atom is 0.125 e. The van der Waals surface area contributed by atoms with Gasteiger partial charge in [-0.2, -0.15) is 5.10 Å². The van der Waals surface area contributed by atoms with Crippen molar-refractivity contribution in [1.82, 2.24) is 10.2 Å². The van der Waals surface area contributed by atoms with Gasteiger partial charge in [-0.05, 0) is 25.0 Å². The van der Waals surface area contributed by atoms with Crippen LogP contribution in [0.3, 0.4) is 0 Å². The van der Waals surface area contributed by atoms with E-state index in [0.717, 1.165) is 36.6 Å². The summed E-state index contributed by atoms with van der Waals surface area (Å²) in [7, 11) is 0. The molecule has 0 spiro atoms. The number of aromatic amines is 1. The summed E-state index contributed by atoms with van der Waals surface area (Å²) < 4.78 is 13.1. The number of nitrogens with zero attached hydrogens (tertiary/aromatic N) is 1. The summed E-state index contributed by atoms with van der Waals surface area (Å²) in [5.41, 5.74) is 1.90. The highest BCUT2D eigenvalue weighted by molar-refractivity contribution is 5.81. The Morgan fingerprint density at radius 2 is 1.94 bits per heavy atom. The number of benzene rings is 1. The molecule has 0 unspecified atom stereocenters. The van der Waals surface area contributed by atoms with Crippen LogP contribution in [0.5, 0.6) is 0 Å². The molecule has 2 aromatic rings. The van der Waals surface area contributed by atoms with Gasteiger partial charge in [0.15, 0.2) is 0 Å². The summed E-state index contributed by atoms with van der Waals surface area (Å²) in [6.07, 6.45) is 4.63. The first kappa shape index (κ1) is 12.1. The molecule has 0 amide bonds. The van der Waals surface area contributed by atoms with E-state index in [1.807, 2.05) is 6.07 Å². The smallest absolute Gasteiger partial charge is 0.125 e. The Hall–Kier alpha value is -1.38. The third-order valence-electron chi connectivity index (χ3n) is 3.23. The number of rotatable bonds is 5. The second kappa shape index (κ2) is 5.30. The minimum Gasteiger partial charge on any atom is -0.281 e. The van der Waals surface area contributed by atoms with Crippen LogP contribution in [-0.2, 0) is 0 Å². The fourth-order valence-electron chi connectivity index (χ4n) is 2.45. The molecule has 1 N–H and O–H groups in total. The van der Waals surface area contributed by atoms with Crippen molar-refractivity contribution in [3.63, 3.8) is 0 Å². The molecule has 0 radical (unpaired) electrons. The highest BCUT2D eigenvalue weighted by atomic mass is 19.1. The minimum atomic E-state index is -0.224. The first-order valence-corrected chi connectivity index (χ1v) is 6.39. The predicted octanol–water partition coefficient (Wildman–Crippen LogP) is 4.39. The standard InChI is InChI=1S/C14H19FN2/c1-3-5-10(6-4-2)14-12-8-7-11(15)9-13(12)16-17-14/h7-10H,3-6H2,1-2H3,(H,16,17). The third kappa shape index (κ3) is 2.48. The Labute approximate surface area is 101 Å². The molecule has 1 heterocycles. The Bertz CT molecular complexity index is 484. The molecule has 0 aliphatic carbocycles. The Balaban J connectivity index is 2.39. The van der Waals surface area contributed by atoms with Crippen molar-refractivity contribution in [2.75, 3.05) is 0 Å². The van der Waals surface area contributed by atoms with E-state index in [4.69, 9.17) is 0 Å². The van der Waals surface area contributed by atoms with Crippen LogP contribution in [0.2, 0.25) is 0 Å². The molecule has 2 nitrogen and oxygen atoms in total. The number of nitrogens with one attached hydrogen (secondary N) is 1. The Morgan fingerprint density at radius 3 is 2.59 bits per heavy atom. The van der Waals surface area contributed by atoms with Crippen molar-refractivity contribution in [3.05, 3.63) is 29.7 Å². The summed E-state index contributed by atoms with van der Waals surface area (Å²) in [4.78, 5) is 0. The van der Waals surface area contributed by atoms with Crippen molar-refractivity contribution >= 4 is 10.9 Å². The van der Waals surface area contributed by atoms with Crippen LogP contribution < -0.4 is 0 Å². The quantitative estimate of drug-likeness (QED) is 0.816. The normalized spacial score (nSPS) is 11.5. The molecule has 3 heteroatoms. The molecule has 0 bridgehead atoms. The SMILES string of the molecule is CCCC(CCC)c1[nH]nc2cc(F)ccc12. The average molecular weight is 234 g/mol. The van der Waals surface area contributed by atoms with Gasteiger partial charge in [-0.3, -0.25) is 5.10 Å². The van der Waals surface area contributed by atoms with Crippen LogP contribution in [0.25, 0.3) is 10.9 Å². The monoisotopic (exact) mass is 234 g/mol. The zero-order valence-corrected chi connectivity index (χ0v) is 10.5. The van der Waals surface area contributed by atoms with Gasteiger partial charge in [-0.1, -0.05) is 26.7 Å². The van der Waals surface area contributed by atoms with Gasteiger partial charge < -0.3 is 0 Å². The summed E-state index contributed by atoms with van der Waals surface area (Å²) in [6, 6.07) is 4.84. The van der Waals surface area contributed by atoms with Gasteiger partial charge in [0, 0.05) is 23.1 Å². The fourth-order valence-corrected chi connectivity index (χ4v) is 2.45. The molecule has 1 aromatic carbocycles. The number of hydrogen-bond donors (Lipinski definition) is 1. The largest absolute Gasteiger partial charge is 0.281 e. The number of aromatic nitrogens is 2. The van der Waals surface area contributed by atoms with E-state index in [9.17, 15) is 4.39 Å². The maximum absolute atomic E-state index is 13.1. The zero-order chi connectivity index (χ0) is 12.3. The van der Waals surface area contributed by atoms with E-state index in [-0.39, 0.29) is 5.82 Å². The molecule has 0 saturated carbocycles. The molecular formula is C14H19FN2. The van der Waals surface area contributed by atoms with Crippen molar-refractivity contribution in [1.29, 1.82) is 0 Å². The second-order valence-electron chi connectivity index (χ2n) is 4.57. The summed E-state index contributed by atoms with van der Waals surface area (Å²) in [6.45, 7) is 4.39. The molecule has 92 valence electrons. The average Bonchev–Trinajstić information content (AvgIpc) is 2.71. The van der Waals surface area contributed by atoms with Crippen molar-refractivity contribution in [3.8, 4) is 0 Å². The van der Waals surface area contributed by atoms with E-state index in [1.54, 1.807) is 0 Å². The first-order valence-electron chi connectivity index (χ1n) is 6.39. The third-order valence-corrected chi connectivity index (χ3v) is 3.23. The van der Waals surface area contributed by atoms with Crippen LogP contribution in [0.1, 0.15) is 51.1 Å². The fraction of sp³-hybridized carbons (Fsp3) is 0.500. The minimum absolute atomic E-state index is 0.224. The van der Waals surface area contributed by atoms with Gasteiger partial charge in [0.05, 0.1) is 5.52 Å². The van der Waals surface area contributed by atoms with E-state index >= 15 is 0 Å². The predicted molar refractivity (Wildman–Crippen MR) is 68.6 cm³/mol. The van der Waals surface area contributed by atoms with Gasteiger partial charge in [-0.15, -0.1) is 0 Å². The molecule has 2 rings (SSSR count). The molecule has 1 aromatic heterocycles. The van der Waals surface area contributed by atoms with Gasteiger partial charge >= 0.3 is 0 Å². The van der Waals surface area contributed by atoms with Crippen LogP contribution in [0, 0.1) is 5.82 Å². The van der Waals surface area contributed by atoms with Gasteiger partial charge in [0.25, 0.3) is 0 Å². The zero-order valence-electron chi connectivity index (χ0n) is 10.5. The van der Waals surface area contributed by atoms with Crippen LogP contribution in [0.4, 0.5) is 4.39 Å². The number of halogens is 1. The summed E-state index contributed by atoms with van der Waals surface area (Å²) in [5, 5.41) is 8.36. The van der Waals surface area contributed by atoms with Crippen molar-refractivity contribution in [2.45, 2.75) is 45.4 Å². The highest BCUT2D eigenvalue weighted by Crippen LogP contribution is 2.30. The molecule has 0 fully saturated rings. The van der Waals surface area contributed by atoms with Crippen molar-refractivity contribution in [2.24, 2.45) is 0 Å². The van der Waals surface area contributed by atoms with Crippen LogP contribution in [0.15, 0.2) is 18.2 Å². The van der Waals surface area contributed by atoms with E-state index in [0.29, 0.717) is 5.92 Å². The van der Waals surface area contributed by atoms with E-state index in [2.05, 4.69) is 24.0 Å². The lowest BCUT2D eigenvalue weighted by Gasteiger charge is -2.13. The highest BCUT2D eigenvalue weighted by Gasteiger charge is 2.15. The van der Waals surface area contributed by atoms with Gasteiger partial charge in [-0.25, -0.2) is 4.39 Å². The number of H-pyrrole nitrogens is 1. The van der Waals surface area contributed by atoms with E-state index in [1.165, 1.54) is 17.8 Å². The molecule has 0 atom stereocenters. The summed E-state index contributed by atoms with van der Waals surface area (Å²) >= 11 is 0. The lowest BCUT2D eigenvalue weighted by atomic mass is 9.93. The molecule has 0 aliphatic heterocycles. The number of hydrogen-bond acceptors (Lipinski definition) is 1. The first-order chi connectivity index (χ1) is 8.26. The van der Waals surface area contributed by atoms with Gasteiger partial charge in [0.2, 0.25) is 0 Å². The topological polar surface area (TPSA) is 28.7 Å².